The molecule has 0 atom stereocenters. The van der Waals surface area contributed by atoms with Crippen molar-refractivity contribution in [3.05, 3.63) is 41.1 Å². The summed E-state index contributed by atoms with van der Waals surface area (Å²) in [5.41, 5.74) is -1.50. The van der Waals surface area contributed by atoms with Gasteiger partial charge in [-0.3, -0.25) is 0 Å². The minimum absolute atomic E-state index is 0.328. The average molecular weight is 341 g/mol. The maximum atomic E-state index is 13.9. The van der Waals surface area contributed by atoms with E-state index in [1.54, 1.807) is 0 Å². The maximum Gasteiger partial charge on any atom is 0.350 e. The van der Waals surface area contributed by atoms with E-state index < -0.39 is 46.6 Å². The lowest BCUT2D eigenvalue weighted by atomic mass is 10.1. The van der Waals surface area contributed by atoms with Gasteiger partial charge in [-0.05, 0) is 12.1 Å². The zero-order chi connectivity index (χ0) is 18.1. The second-order valence-electron chi connectivity index (χ2n) is 5.16. The molecule has 0 radical (unpaired) electrons. The van der Waals surface area contributed by atoms with Gasteiger partial charge in [-0.2, -0.15) is 0 Å². The molecule has 0 amide bonds. The van der Waals surface area contributed by atoms with Crippen LogP contribution in [0.15, 0.2) is 23.9 Å². The summed E-state index contributed by atoms with van der Waals surface area (Å²) in [4.78, 5) is 35.2. The SMILES string of the molecule is COC(=O)c1ccc(F)c(F)c1NC=C1C(=O)OC(C)(C)OC1=O. The molecule has 9 heteroatoms. The number of benzene rings is 1. The Hall–Kier alpha value is -2.97. The van der Waals surface area contributed by atoms with Crippen LogP contribution in [0, 0.1) is 11.6 Å². The molecule has 2 rings (SSSR count). The molecular formula is C15H13F2NO6. The minimum Gasteiger partial charge on any atom is -0.465 e. The number of halogens is 2. The van der Waals surface area contributed by atoms with Crippen LogP contribution in [0.25, 0.3) is 0 Å². The van der Waals surface area contributed by atoms with E-state index >= 15 is 0 Å². The Kier molecular flexibility index (Phi) is 4.54. The van der Waals surface area contributed by atoms with Crippen LogP contribution in [0.3, 0.4) is 0 Å². The van der Waals surface area contributed by atoms with Gasteiger partial charge in [-0.15, -0.1) is 0 Å². The van der Waals surface area contributed by atoms with Crippen molar-refractivity contribution in [3.8, 4) is 0 Å². The molecular weight excluding hydrogens is 328 g/mol. The second kappa shape index (κ2) is 6.26. The summed E-state index contributed by atoms with van der Waals surface area (Å²) in [5, 5.41) is 2.22. The molecule has 1 aliphatic heterocycles. The smallest absolute Gasteiger partial charge is 0.350 e. The van der Waals surface area contributed by atoms with Crippen LogP contribution >= 0.6 is 0 Å². The molecule has 128 valence electrons. The molecule has 1 fully saturated rings. The number of ether oxygens (including phenoxy) is 3. The van der Waals surface area contributed by atoms with Crippen LogP contribution < -0.4 is 5.32 Å². The number of anilines is 1. The molecule has 1 N–H and O–H groups in total. The predicted molar refractivity (Wildman–Crippen MR) is 75.7 cm³/mol. The van der Waals surface area contributed by atoms with Crippen LogP contribution in [0.4, 0.5) is 14.5 Å². The van der Waals surface area contributed by atoms with E-state index in [0.717, 1.165) is 25.4 Å². The van der Waals surface area contributed by atoms with Crippen molar-refractivity contribution in [2.24, 2.45) is 0 Å². The summed E-state index contributed by atoms with van der Waals surface area (Å²) in [6.07, 6.45) is 0.768. The lowest BCUT2D eigenvalue weighted by molar-refractivity contribution is -0.222. The van der Waals surface area contributed by atoms with E-state index in [1.807, 2.05) is 0 Å². The summed E-state index contributed by atoms with van der Waals surface area (Å²) in [6.45, 7) is 2.71. The Morgan fingerprint density at radius 1 is 1.21 bits per heavy atom. The third kappa shape index (κ3) is 3.34. The number of hydrogen-bond donors (Lipinski definition) is 1. The van der Waals surface area contributed by atoms with E-state index in [1.165, 1.54) is 13.8 Å². The largest absolute Gasteiger partial charge is 0.465 e. The number of carbonyl (C=O) groups is 3. The van der Waals surface area contributed by atoms with Crippen LogP contribution in [-0.4, -0.2) is 30.8 Å². The number of esters is 3. The molecule has 1 heterocycles. The van der Waals surface area contributed by atoms with Crippen LogP contribution in [0.2, 0.25) is 0 Å². The van der Waals surface area contributed by atoms with Gasteiger partial charge < -0.3 is 19.5 Å². The lowest BCUT2D eigenvalue weighted by Gasteiger charge is -2.29. The van der Waals surface area contributed by atoms with Crippen molar-refractivity contribution >= 4 is 23.6 Å². The first kappa shape index (κ1) is 17.4. The highest BCUT2D eigenvalue weighted by Crippen LogP contribution is 2.26. The van der Waals surface area contributed by atoms with E-state index in [2.05, 4.69) is 10.1 Å². The Bertz CT molecular complexity index is 735. The third-order valence-corrected chi connectivity index (χ3v) is 2.98. The first-order chi connectivity index (χ1) is 11.2. The van der Waals surface area contributed by atoms with Crippen molar-refractivity contribution in [3.63, 3.8) is 0 Å². The summed E-state index contributed by atoms with van der Waals surface area (Å²) in [5.74, 6) is -7.02. The maximum absolute atomic E-state index is 13.9. The number of carbonyl (C=O) groups excluding carboxylic acids is 3. The third-order valence-electron chi connectivity index (χ3n) is 2.98. The van der Waals surface area contributed by atoms with E-state index in [4.69, 9.17) is 9.47 Å². The fourth-order valence-corrected chi connectivity index (χ4v) is 1.89. The molecule has 1 saturated heterocycles. The van der Waals surface area contributed by atoms with Gasteiger partial charge in [0.25, 0.3) is 5.79 Å². The van der Waals surface area contributed by atoms with Gasteiger partial charge in [0.1, 0.15) is 0 Å². The van der Waals surface area contributed by atoms with Crippen molar-refractivity contribution in [1.29, 1.82) is 0 Å². The number of cyclic esters (lactones) is 2. The zero-order valence-electron chi connectivity index (χ0n) is 12.9. The topological polar surface area (TPSA) is 90.9 Å². The van der Waals surface area contributed by atoms with Gasteiger partial charge >= 0.3 is 17.9 Å². The van der Waals surface area contributed by atoms with Gasteiger partial charge in [0.05, 0.1) is 18.4 Å². The van der Waals surface area contributed by atoms with Crippen LogP contribution in [0.5, 0.6) is 0 Å². The first-order valence-corrected chi connectivity index (χ1v) is 6.66. The monoisotopic (exact) mass is 341 g/mol. The Morgan fingerprint density at radius 2 is 1.79 bits per heavy atom. The second-order valence-corrected chi connectivity index (χ2v) is 5.16. The average Bonchev–Trinajstić information content (AvgIpc) is 2.48. The van der Waals surface area contributed by atoms with Crippen molar-refractivity contribution in [1.82, 2.24) is 0 Å². The predicted octanol–water partition coefficient (Wildman–Crippen LogP) is 1.88. The molecule has 7 nitrogen and oxygen atoms in total. The summed E-state index contributed by atoms with van der Waals surface area (Å²) in [7, 11) is 1.06. The Morgan fingerprint density at radius 3 is 2.33 bits per heavy atom. The minimum atomic E-state index is -1.44. The standard InChI is InChI=1S/C15H13F2NO6/c1-15(2)23-13(20)8(14(21)24-15)6-18-11-7(12(19)22-3)4-5-9(16)10(11)17/h4-6,18H,1-3H3. The molecule has 0 aliphatic carbocycles. The van der Waals surface area contributed by atoms with Gasteiger partial charge in [-0.25, -0.2) is 23.2 Å². The molecule has 0 bridgehead atoms. The quantitative estimate of drug-likeness (QED) is 0.510. The first-order valence-electron chi connectivity index (χ1n) is 6.66. The number of hydrogen-bond acceptors (Lipinski definition) is 7. The molecule has 0 aromatic heterocycles. The van der Waals surface area contributed by atoms with Crippen LogP contribution in [0.1, 0.15) is 24.2 Å². The highest BCUT2D eigenvalue weighted by molar-refractivity contribution is 6.15. The molecule has 1 aromatic rings. The Balaban J connectivity index is 2.38. The van der Waals surface area contributed by atoms with E-state index in [-0.39, 0.29) is 5.56 Å². The summed E-state index contributed by atoms with van der Waals surface area (Å²) >= 11 is 0. The highest BCUT2D eigenvalue weighted by atomic mass is 19.2. The molecule has 1 aromatic carbocycles. The van der Waals surface area contributed by atoms with Crippen LogP contribution in [-0.2, 0) is 23.8 Å². The van der Waals surface area contributed by atoms with E-state index in [9.17, 15) is 23.2 Å². The fourth-order valence-electron chi connectivity index (χ4n) is 1.89. The number of rotatable bonds is 3. The van der Waals surface area contributed by atoms with Crippen molar-refractivity contribution in [2.75, 3.05) is 12.4 Å². The van der Waals surface area contributed by atoms with Gasteiger partial charge in [-0.1, -0.05) is 0 Å². The molecule has 0 unspecified atom stereocenters. The van der Waals surface area contributed by atoms with Gasteiger partial charge in [0.2, 0.25) is 0 Å². The van der Waals surface area contributed by atoms with E-state index in [0.29, 0.717) is 0 Å². The van der Waals surface area contributed by atoms with Crippen molar-refractivity contribution < 1.29 is 37.4 Å². The molecule has 0 spiro atoms. The number of nitrogens with one attached hydrogen (secondary N) is 1. The Labute approximate surface area is 135 Å². The fraction of sp³-hybridized carbons (Fsp3) is 0.267. The molecule has 1 aliphatic rings. The number of methoxy groups -OCH3 is 1. The lowest BCUT2D eigenvalue weighted by Crippen LogP contribution is -2.42. The summed E-state index contributed by atoms with van der Waals surface area (Å²) < 4.78 is 41.5. The van der Waals surface area contributed by atoms with Gasteiger partial charge in [0.15, 0.2) is 17.2 Å². The summed E-state index contributed by atoms with van der Waals surface area (Å²) in [6, 6.07) is 1.73. The molecule has 24 heavy (non-hydrogen) atoms. The molecule has 0 saturated carbocycles. The normalized spacial score (nSPS) is 16.1. The highest BCUT2D eigenvalue weighted by Gasteiger charge is 2.39. The van der Waals surface area contributed by atoms with Gasteiger partial charge in [0, 0.05) is 20.0 Å². The van der Waals surface area contributed by atoms with Crippen molar-refractivity contribution in [2.45, 2.75) is 19.6 Å². The zero-order valence-corrected chi connectivity index (χ0v) is 12.9.